The number of nitrogens with two attached hydrogens (primary N) is 2. The third-order valence-corrected chi connectivity index (χ3v) is 5.65. The Morgan fingerprint density at radius 2 is 1.79 bits per heavy atom. The van der Waals surface area contributed by atoms with Gasteiger partial charge in [-0.1, -0.05) is 37.3 Å². The van der Waals surface area contributed by atoms with Gasteiger partial charge in [-0.25, -0.2) is 0 Å². The first-order valence-electron chi connectivity index (χ1n) is 11.0. The van der Waals surface area contributed by atoms with E-state index in [4.69, 9.17) is 11.5 Å². The van der Waals surface area contributed by atoms with Gasteiger partial charge in [-0.3, -0.25) is 24.5 Å². The first-order chi connectivity index (χ1) is 15.3. The van der Waals surface area contributed by atoms with E-state index in [1.54, 1.807) is 20.8 Å². The lowest BCUT2D eigenvalue weighted by Gasteiger charge is -2.35. The van der Waals surface area contributed by atoms with E-state index in [0.29, 0.717) is 6.42 Å². The van der Waals surface area contributed by atoms with E-state index in [9.17, 15) is 24.3 Å². The summed E-state index contributed by atoms with van der Waals surface area (Å²) in [6.07, 6.45) is 0.0760. The molecular weight excluding hydrogens is 462 g/mol. The Morgan fingerprint density at radius 1 is 1.21 bits per heavy atom. The largest absolute Gasteiger partial charge is 0.370 e. The maximum Gasteiger partial charge on any atom is 0.269 e. The lowest BCUT2D eigenvalue weighted by Crippen LogP contribution is -2.67. The smallest absolute Gasteiger partial charge is 0.269 e. The molecule has 0 radical (unpaired) electrons. The van der Waals surface area contributed by atoms with Gasteiger partial charge >= 0.3 is 0 Å². The number of hydrogen-bond acceptors (Lipinski definition) is 7. The van der Waals surface area contributed by atoms with E-state index < -0.39 is 59.3 Å². The van der Waals surface area contributed by atoms with E-state index in [1.165, 1.54) is 0 Å². The number of carbonyl (C=O) groups excluding carboxylic acids is 4. The summed E-state index contributed by atoms with van der Waals surface area (Å²) in [7, 11) is 0. The molecule has 3 amide bonds. The van der Waals surface area contributed by atoms with Crippen molar-refractivity contribution in [2.75, 3.05) is 6.54 Å². The van der Waals surface area contributed by atoms with E-state index >= 15 is 0 Å². The molecule has 1 aromatic rings. The van der Waals surface area contributed by atoms with E-state index in [1.807, 2.05) is 37.3 Å². The van der Waals surface area contributed by atoms with Crippen LogP contribution in [0.2, 0.25) is 0 Å². The SMILES string of the molecule is CCC(C(=O)C1CN[C@](O)(C(=O)NC(C)(C)C)[C@H]1NC(=O)[C@@H](N)CC(N)=O)c1ccccc1.Cl. The molecule has 1 aliphatic rings. The number of primary amides is 1. The first kappa shape index (κ1) is 29.5. The Morgan fingerprint density at radius 3 is 2.29 bits per heavy atom. The standard InChI is InChI=1S/C23H35N5O5.ClH/c1-5-14(13-9-7-6-8-10-13)18(30)15-12-26-23(33,21(32)28-22(2,3)4)19(15)27-20(31)16(24)11-17(25)29;/h6-10,14-16,19,26,33H,5,11-12,24H2,1-4H3,(H2,25,29)(H,27,31)(H,28,32);1H/t14?,15?,16-,19-,23+;/m0./s1. The number of ketones is 1. The van der Waals surface area contributed by atoms with Crippen LogP contribution < -0.4 is 27.4 Å². The molecule has 0 bridgehead atoms. The van der Waals surface area contributed by atoms with Gasteiger partial charge in [0.15, 0.2) is 0 Å². The number of hydrogen-bond donors (Lipinski definition) is 6. The maximum absolute atomic E-state index is 13.6. The van der Waals surface area contributed by atoms with Gasteiger partial charge < -0.3 is 27.2 Å². The molecule has 34 heavy (non-hydrogen) atoms. The van der Waals surface area contributed by atoms with Crippen LogP contribution in [0.3, 0.4) is 0 Å². The van der Waals surface area contributed by atoms with Crippen molar-refractivity contribution in [3.63, 3.8) is 0 Å². The van der Waals surface area contributed by atoms with Crippen molar-refractivity contribution in [2.24, 2.45) is 17.4 Å². The van der Waals surface area contributed by atoms with Crippen molar-refractivity contribution >= 4 is 35.9 Å². The maximum atomic E-state index is 13.6. The summed E-state index contributed by atoms with van der Waals surface area (Å²) in [6, 6.07) is 6.57. The summed E-state index contributed by atoms with van der Waals surface area (Å²) < 4.78 is 0. The van der Waals surface area contributed by atoms with Crippen molar-refractivity contribution in [3.05, 3.63) is 35.9 Å². The predicted octanol–water partition coefficient (Wildman–Crippen LogP) is -0.319. The molecule has 8 N–H and O–H groups in total. The molecule has 1 fully saturated rings. The summed E-state index contributed by atoms with van der Waals surface area (Å²) in [6.45, 7) is 7.05. The van der Waals surface area contributed by atoms with Gasteiger partial charge in [0.25, 0.3) is 5.91 Å². The average Bonchev–Trinajstić information content (AvgIpc) is 3.05. The van der Waals surface area contributed by atoms with Gasteiger partial charge in [-0.2, -0.15) is 0 Å². The Balaban J connectivity index is 0.00000578. The quantitative estimate of drug-likeness (QED) is 0.271. The Labute approximate surface area is 206 Å². The van der Waals surface area contributed by atoms with Gasteiger partial charge in [0.2, 0.25) is 17.5 Å². The highest BCUT2D eigenvalue weighted by molar-refractivity contribution is 5.95. The second-order valence-corrected chi connectivity index (χ2v) is 9.49. The number of halogens is 1. The summed E-state index contributed by atoms with van der Waals surface area (Å²) in [5.74, 6) is -4.00. The first-order valence-corrected chi connectivity index (χ1v) is 11.0. The number of carbonyl (C=O) groups is 4. The minimum atomic E-state index is -2.26. The van der Waals surface area contributed by atoms with Crippen LogP contribution in [0.1, 0.15) is 52.0 Å². The molecule has 1 saturated heterocycles. The molecule has 2 unspecified atom stereocenters. The van der Waals surface area contributed by atoms with Gasteiger partial charge in [0.1, 0.15) is 5.78 Å². The topological polar surface area (TPSA) is 177 Å². The van der Waals surface area contributed by atoms with Crippen LogP contribution in [0.25, 0.3) is 0 Å². The van der Waals surface area contributed by atoms with Crippen LogP contribution in [0.5, 0.6) is 0 Å². The molecule has 1 aromatic carbocycles. The van der Waals surface area contributed by atoms with Gasteiger partial charge in [0.05, 0.1) is 24.4 Å². The second kappa shape index (κ2) is 11.7. The Hall–Kier alpha value is -2.53. The van der Waals surface area contributed by atoms with Crippen molar-refractivity contribution in [1.29, 1.82) is 0 Å². The molecule has 0 spiro atoms. The second-order valence-electron chi connectivity index (χ2n) is 9.49. The highest BCUT2D eigenvalue weighted by Crippen LogP contribution is 2.32. The van der Waals surface area contributed by atoms with E-state index in [-0.39, 0.29) is 24.7 Å². The van der Waals surface area contributed by atoms with Crippen LogP contribution in [-0.2, 0) is 19.2 Å². The zero-order valence-corrected chi connectivity index (χ0v) is 20.8. The monoisotopic (exact) mass is 497 g/mol. The highest BCUT2D eigenvalue weighted by Gasteiger charge is 2.56. The molecule has 0 saturated carbocycles. The number of amides is 3. The molecule has 0 aromatic heterocycles. The zero-order chi connectivity index (χ0) is 25.0. The third kappa shape index (κ3) is 6.99. The van der Waals surface area contributed by atoms with Crippen LogP contribution >= 0.6 is 12.4 Å². The van der Waals surface area contributed by atoms with E-state index in [2.05, 4.69) is 16.0 Å². The summed E-state index contributed by atoms with van der Waals surface area (Å²) >= 11 is 0. The fourth-order valence-corrected chi connectivity index (χ4v) is 4.03. The third-order valence-electron chi connectivity index (χ3n) is 5.65. The molecule has 2 rings (SSSR count). The van der Waals surface area contributed by atoms with Gasteiger partial charge in [-0.15, -0.1) is 12.4 Å². The Kier molecular flexibility index (Phi) is 10.2. The minimum absolute atomic E-state index is 0. The number of aliphatic hydroxyl groups is 1. The minimum Gasteiger partial charge on any atom is -0.370 e. The van der Waals surface area contributed by atoms with Crippen molar-refractivity contribution < 1.29 is 24.3 Å². The molecule has 11 heteroatoms. The highest BCUT2D eigenvalue weighted by atomic mass is 35.5. The van der Waals surface area contributed by atoms with Crippen LogP contribution in [0, 0.1) is 5.92 Å². The van der Waals surface area contributed by atoms with Crippen LogP contribution in [-0.4, -0.2) is 58.5 Å². The number of rotatable bonds is 9. The van der Waals surface area contributed by atoms with Crippen molar-refractivity contribution in [2.45, 2.75) is 69.8 Å². The molecule has 5 atom stereocenters. The summed E-state index contributed by atoms with van der Waals surface area (Å²) in [5, 5.41) is 19.3. The molecular formula is C23H36ClN5O5. The fourth-order valence-electron chi connectivity index (χ4n) is 4.03. The van der Waals surface area contributed by atoms with E-state index in [0.717, 1.165) is 5.56 Å². The molecule has 1 heterocycles. The van der Waals surface area contributed by atoms with Gasteiger partial charge in [-0.05, 0) is 32.8 Å². The lowest BCUT2D eigenvalue weighted by atomic mass is 9.81. The zero-order valence-electron chi connectivity index (χ0n) is 20.0. The van der Waals surface area contributed by atoms with Crippen molar-refractivity contribution in [3.8, 4) is 0 Å². The lowest BCUT2D eigenvalue weighted by molar-refractivity contribution is -0.148. The average molecular weight is 498 g/mol. The summed E-state index contributed by atoms with van der Waals surface area (Å²) in [5.41, 5.74) is 8.75. The molecule has 190 valence electrons. The fraction of sp³-hybridized carbons (Fsp3) is 0.565. The Bertz CT molecular complexity index is 891. The molecule has 10 nitrogen and oxygen atoms in total. The van der Waals surface area contributed by atoms with Crippen LogP contribution in [0.4, 0.5) is 0 Å². The number of benzene rings is 1. The summed E-state index contributed by atoms with van der Waals surface area (Å²) in [4.78, 5) is 50.4. The number of Topliss-reactive ketones (excluding diaryl/α,β-unsaturated/α-hetero) is 1. The van der Waals surface area contributed by atoms with Crippen LogP contribution in [0.15, 0.2) is 30.3 Å². The van der Waals surface area contributed by atoms with Gasteiger partial charge in [0, 0.05) is 18.0 Å². The normalized spacial score (nSPS) is 23.8. The predicted molar refractivity (Wildman–Crippen MR) is 130 cm³/mol. The number of nitrogens with one attached hydrogen (secondary N) is 3. The van der Waals surface area contributed by atoms with Crippen molar-refractivity contribution in [1.82, 2.24) is 16.0 Å². The molecule has 0 aliphatic carbocycles. The molecule has 1 aliphatic heterocycles.